The molecule has 72 valence electrons. The molecular weight excluding hydrogens is 227 g/mol. The SMILES string of the molecule is Cc1nc(CNCC(Cl)=CCl)cs1. The quantitative estimate of drug-likeness (QED) is 0.870. The molecule has 0 radical (unpaired) electrons. The second-order valence-corrected chi connectivity index (χ2v) is 4.28. The van der Waals surface area contributed by atoms with E-state index in [1.807, 2.05) is 12.3 Å². The third kappa shape index (κ3) is 4.09. The highest BCUT2D eigenvalue weighted by Gasteiger charge is 1.97. The van der Waals surface area contributed by atoms with Gasteiger partial charge in [-0.1, -0.05) is 23.2 Å². The van der Waals surface area contributed by atoms with Crippen LogP contribution in [-0.4, -0.2) is 11.5 Å². The Hall–Kier alpha value is -0.0900. The molecule has 2 nitrogen and oxygen atoms in total. The summed E-state index contributed by atoms with van der Waals surface area (Å²) >= 11 is 12.7. The highest BCUT2D eigenvalue weighted by molar-refractivity contribution is 7.09. The smallest absolute Gasteiger partial charge is 0.0897 e. The zero-order chi connectivity index (χ0) is 9.68. The lowest BCUT2D eigenvalue weighted by Gasteiger charge is -1.99. The van der Waals surface area contributed by atoms with Crippen molar-refractivity contribution >= 4 is 34.5 Å². The molecule has 5 heteroatoms. The standard InChI is InChI=1S/C8H10Cl2N2S/c1-6-12-8(5-13-6)4-11-3-7(10)2-9/h2,5,11H,3-4H2,1H3. The lowest BCUT2D eigenvalue weighted by atomic mass is 10.4. The number of aryl methyl sites for hydroxylation is 1. The molecule has 0 aliphatic rings. The lowest BCUT2D eigenvalue weighted by Crippen LogP contribution is -2.14. The normalized spacial score (nSPS) is 12.1. The zero-order valence-corrected chi connectivity index (χ0v) is 9.51. The summed E-state index contributed by atoms with van der Waals surface area (Å²) in [5.74, 6) is 0. The molecule has 0 spiro atoms. The van der Waals surface area contributed by atoms with Gasteiger partial charge in [0.1, 0.15) is 0 Å². The van der Waals surface area contributed by atoms with Gasteiger partial charge in [0.05, 0.1) is 10.7 Å². The van der Waals surface area contributed by atoms with Gasteiger partial charge in [-0.25, -0.2) is 4.98 Å². The van der Waals surface area contributed by atoms with E-state index in [1.54, 1.807) is 11.3 Å². The number of halogens is 2. The van der Waals surface area contributed by atoms with Crippen molar-refractivity contribution in [1.82, 2.24) is 10.3 Å². The Morgan fingerprint density at radius 2 is 2.54 bits per heavy atom. The van der Waals surface area contributed by atoms with Crippen molar-refractivity contribution in [2.75, 3.05) is 6.54 Å². The minimum absolute atomic E-state index is 0.585. The third-order valence-corrected chi connectivity index (χ3v) is 2.83. The van der Waals surface area contributed by atoms with Crippen LogP contribution >= 0.6 is 34.5 Å². The third-order valence-electron chi connectivity index (χ3n) is 1.38. The van der Waals surface area contributed by atoms with Crippen LogP contribution in [0.2, 0.25) is 0 Å². The van der Waals surface area contributed by atoms with Gasteiger partial charge < -0.3 is 5.32 Å². The largest absolute Gasteiger partial charge is 0.306 e. The molecule has 0 aliphatic carbocycles. The molecular formula is C8H10Cl2N2S. The summed E-state index contributed by atoms with van der Waals surface area (Å²) in [6.45, 7) is 3.30. The Morgan fingerprint density at radius 3 is 3.08 bits per heavy atom. The Morgan fingerprint density at radius 1 is 1.77 bits per heavy atom. The summed E-state index contributed by atoms with van der Waals surface area (Å²) < 4.78 is 0. The van der Waals surface area contributed by atoms with Crippen molar-refractivity contribution in [3.63, 3.8) is 0 Å². The van der Waals surface area contributed by atoms with Crippen LogP contribution in [0.25, 0.3) is 0 Å². The number of hydrogen-bond acceptors (Lipinski definition) is 3. The Bertz CT molecular complexity index is 296. The average Bonchev–Trinajstić information content (AvgIpc) is 2.51. The fourth-order valence-corrected chi connectivity index (χ4v) is 1.62. The fourth-order valence-electron chi connectivity index (χ4n) is 0.838. The predicted molar refractivity (Wildman–Crippen MR) is 58.3 cm³/mol. The molecule has 0 bridgehead atoms. The zero-order valence-electron chi connectivity index (χ0n) is 7.18. The van der Waals surface area contributed by atoms with Crippen molar-refractivity contribution in [3.05, 3.63) is 26.6 Å². The van der Waals surface area contributed by atoms with E-state index in [-0.39, 0.29) is 0 Å². The van der Waals surface area contributed by atoms with Gasteiger partial charge in [-0.2, -0.15) is 0 Å². The van der Waals surface area contributed by atoms with Gasteiger partial charge in [0.25, 0.3) is 0 Å². The maximum atomic E-state index is 5.69. The Labute approximate surface area is 91.6 Å². The second-order valence-electron chi connectivity index (χ2n) is 2.52. The molecule has 0 saturated heterocycles. The van der Waals surface area contributed by atoms with E-state index in [0.717, 1.165) is 17.2 Å². The fraction of sp³-hybridized carbons (Fsp3) is 0.375. The summed E-state index contributed by atoms with van der Waals surface area (Å²) in [4.78, 5) is 4.29. The molecule has 1 aromatic rings. The molecule has 0 fully saturated rings. The van der Waals surface area contributed by atoms with Crippen LogP contribution in [0.5, 0.6) is 0 Å². The van der Waals surface area contributed by atoms with Crippen molar-refractivity contribution in [3.8, 4) is 0 Å². The number of thiazole rings is 1. The van der Waals surface area contributed by atoms with E-state index in [9.17, 15) is 0 Å². The highest BCUT2D eigenvalue weighted by atomic mass is 35.5. The molecule has 13 heavy (non-hydrogen) atoms. The molecule has 1 aromatic heterocycles. The number of hydrogen-bond donors (Lipinski definition) is 1. The first-order chi connectivity index (χ1) is 6.22. The second kappa shape index (κ2) is 5.60. The molecule has 0 amide bonds. The van der Waals surface area contributed by atoms with Crippen LogP contribution in [0.1, 0.15) is 10.7 Å². The summed E-state index contributed by atoms with van der Waals surface area (Å²) in [7, 11) is 0. The molecule has 0 saturated carbocycles. The number of nitrogens with zero attached hydrogens (tertiary/aromatic N) is 1. The van der Waals surface area contributed by atoms with Gasteiger partial charge in [0.2, 0.25) is 0 Å². The van der Waals surface area contributed by atoms with Crippen LogP contribution in [-0.2, 0) is 6.54 Å². The number of nitrogens with one attached hydrogen (secondary N) is 1. The van der Waals surface area contributed by atoms with E-state index >= 15 is 0 Å². The average molecular weight is 237 g/mol. The minimum atomic E-state index is 0.585. The van der Waals surface area contributed by atoms with Crippen molar-refractivity contribution in [2.24, 2.45) is 0 Å². The molecule has 0 unspecified atom stereocenters. The van der Waals surface area contributed by atoms with E-state index in [4.69, 9.17) is 23.2 Å². The molecule has 0 aliphatic heterocycles. The molecule has 1 rings (SSSR count). The van der Waals surface area contributed by atoms with Crippen molar-refractivity contribution in [2.45, 2.75) is 13.5 Å². The number of aromatic nitrogens is 1. The Kier molecular flexibility index (Phi) is 4.73. The molecule has 1 heterocycles. The van der Waals surface area contributed by atoms with Crippen molar-refractivity contribution in [1.29, 1.82) is 0 Å². The van der Waals surface area contributed by atoms with Gasteiger partial charge in [-0.15, -0.1) is 11.3 Å². The summed E-state index contributed by atoms with van der Waals surface area (Å²) in [6.07, 6.45) is 0. The van der Waals surface area contributed by atoms with Crippen LogP contribution in [0.3, 0.4) is 0 Å². The Balaban J connectivity index is 2.28. The highest BCUT2D eigenvalue weighted by Crippen LogP contribution is 2.07. The maximum Gasteiger partial charge on any atom is 0.0897 e. The molecule has 0 atom stereocenters. The minimum Gasteiger partial charge on any atom is -0.306 e. The van der Waals surface area contributed by atoms with Gasteiger partial charge in [-0.05, 0) is 6.92 Å². The summed E-state index contributed by atoms with van der Waals surface area (Å²) in [5, 5.41) is 6.84. The first-order valence-electron chi connectivity index (χ1n) is 3.79. The van der Waals surface area contributed by atoms with E-state index in [0.29, 0.717) is 11.6 Å². The first-order valence-corrected chi connectivity index (χ1v) is 5.48. The van der Waals surface area contributed by atoms with Gasteiger partial charge in [-0.3, -0.25) is 0 Å². The van der Waals surface area contributed by atoms with Crippen LogP contribution < -0.4 is 5.32 Å². The van der Waals surface area contributed by atoms with Crippen molar-refractivity contribution < 1.29 is 0 Å². The monoisotopic (exact) mass is 236 g/mol. The topological polar surface area (TPSA) is 24.9 Å². The van der Waals surface area contributed by atoms with Crippen LogP contribution in [0, 0.1) is 6.92 Å². The first kappa shape index (κ1) is 11.0. The summed E-state index contributed by atoms with van der Waals surface area (Å²) in [6, 6.07) is 0. The maximum absolute atomic E-state index is 5.69. The molecule has 0 aromatic carbocycles. The van der Waals surface area contributed by atoms with Gasteiger partial charge in [0, 0.05) is 29.0 Å². The van der Waals surface area contributed by atoms with Gasteiger partial charge >= 0.3 is 0 Å². The van der Waals surface area contributed by atoms with Gasteiger partial charge in [0.15, 0.2) is 0 Å². The van der Waals surface area contributed by atoms with Crippen LogP contribution in [0.15, 0.2) is 15.9 Å². The van der Waals surface area contributed by atoms with E-state index < -0.39 is 0 Å². The van der Waals surface area contributed by atoms with E-state index in [1.165, 1.54) is 5.54 Å². The van der Waals surface area contributed by atoms with E-state index in [2.05, 4.69) is 10.3 Å². The lowest BCUT2D eigenvalue weighted by molar-refractivity contribution is 0.738. The molecule has 1 N–H and O–H groups in total. The predicted octanol–water partition coefficient (Wildman–Crippen LogP) is 2.86. The van der Waals surface area contributed by atoms with Crippen LogP contribution in [0.4, 0.5) is 0 Å². The number of rotatable bonds is 4. The summed E-state index contributed by atoms with van der Waals surface area (Å²) in [5.41, 5.74) is 2.41.